The van der Waals surface area contributed by atoms with Gasteiger partial charge < -0.3 is 23.9 Å². The zero-order valence-electron chi connectivity index (χ0n) is 25.4. The van der Waals surface area contributed by atoms with Crippen molar-refractivity contribution in [2.75, 3.05) is 26.2 Å². The lowest BCUT2D eigenvalue weighted by Crippen LogP contribution is -2.50. The van der Waals surface area contributed by atoms with Crippen LogP contribution in [0, 0.1) is 0 Å². The van der Waals surface area contributed by atoms with Crippen molar-refractivity contribution in [2.24, 2.45) is 0 Å². The van der Waals surface area contributed by atoms with Crippen molar-refractivity contribution in [2.45, 2.75) is 84.7 Å². The Morgan fingerprint density at radius 3 is 2.41 bits per heavy atom. The average molecular weight is 582 g/mol. The summed E-state index contributed by atoms with van der Waals surface area (Å²) in [5.41, 5.74) is 3.03. The summed E-state index contributed by atoms with van der Waals surface area (Å²) < 4.78 is 18.0. The van der Waals surface area contributed by atoms with Gasteiger partial charge in [0.1, 0.15) is 16.9 Å². The lowest BCUT2D eigenvalue weighted by atomic mass is 9.79. The van der Waals surface area contributed by atoms with E-state index in [1.807, 2.05) is 66.8 Å². The number of rotatable bonds is 5. The molecule has 2 fully saturated rings. The molecule has 41 heavy (non-hydrogen) atoms. The van der Waals surface area contributed by atoms with Crippen molar-refractivity contribution in [1.29, 1.82) is 0 Å². The fourth-order valence-corrected chi connectivity index (χ4v) is 5.49. The van der Waals surface area contributed by atoms with Crippen molar-refractivity contribution in [3.05, 3.63) is 52.6 Å². The molecule has 0 aliphatic carbocycles. The van der Waals surface area contributed by atoms with Crippen LogP contribution in [0.1, 0.15) is 78.5 Å². The summed E-state index contributed by atoms with van der Waals surface area (Å²) in [6.07, 6.45) is 2.15. The van der Waals surface area contributed by atoms with Gasteiger partial charge >= 0.3 is 13.2 Å². The fourth-order valence-electron chi connectivity index (χ4n) is 5.20. The van der Waals surface area contributed by atoms with Gasteiger partial charge in [0.2, 0.25) is 0 Å². The molecule has 0 saturated carbocycles. The molecule has 3 aromatic rings. The van der Waals surface area contributed by atoms with E-state index in [0.29, 0.717) is 30.0 Å². The van der Waals surface area contributed by atoms with Crippen LogP contribution in [-0.4, -0.2) is 80.9 Å². The third kappa shape index (κ3) is 6.26. The molecular formula is C30H41BClN5O4. The number of carbonyl (C=O) groups is 1. The largest absolute Gasteiger partial charge is 0.496 e. The molecule has 0 radical (unpaired) electrons. The Labute approximate surface area is 248 Å². The zero-order chi connectivity index (χ0) is 29.7. The van der Waals surface area contributed by atoms with E-state index < -0.39 is 23.9 Å². The summed E-state index contributed by atoms with van der Waals surface area (Å²) in [7, 11) is -0.553. The molecule has 1 amide bonds. The number of nitrogens with zero attached hydrogens (tertiary/aromatic N) is 4. The minimum atomic E-state index is -0.553. The maximum atomic E-state index is 12.4. The maximum absolute atomic E-state index is 12.4. The van der Waals surface area contributed by atoms with Crippen LogP contribution in [-0.2, 0) is 20.5 Å². The highest BCUT2D eigenvalue weighted by molar-refractivity contribution is 6.66. The molecule has 0 bridgehead atoms. The summed E-state index contributed by atoms with van der Waals surface area (Å²) in [6.45, 7) is 18.8. The predicted octanol–water partition coefficient (Wildman–Crippen LogP) is 5.12. The number of imidazole rings is 1. The highest BCUT2D eigenvalue weighted by atomic mass is 35.5. The Hall–Kier alpha value is -2.66. The molecule has 11 heteroatoms. The van der Waals surface area contributed by atoms with Gasteiger partial charge in [-0.05, 0) is 79.2 Å². The second kappa shape index (κ2) is 10.9. The topological polar surface area (TPSA) is 92.8 Å². The highest BCUT2D eigenvalue weighted by Crippen LogP contribution is 2.37. The number of benzene rings is 1. The number of fused-ring (bicyclic) bond motifs is 1. The van der Waals surface area contributed by atoms with Gasteiger partial charge in [-0.25, -0.2) is 9.78 Å². The van der Waals surface area contributed by atoms with Crippen LogP contribution < -0.4 is 5.46 Å². The normalized spacial score (nSPS) is 20.0. The van der Waals surface area contributed by atoms with Gasteiger partial charge in [0.15, 0.2) is 0 Å². The van der Waals surface area contributed by atoms with E-state index in [0.717, 1.165) is 35.6 Å². The van der Waals surface area contributed by atoms with Crippen LogP contribution in [0.15, 0.2) is 30.5 Å². The monoisotopic (exact) mass is 581 g/mol. The number of halogens is 1. The van der Waals surface area contributed by atoms with Crippen LogP contribution >= 0.6 is 11.6 Å². The number of amides is 1. The van der Waals surface area contributed by atoms with E-state index in [2.05, 4.69) is 33.9 Å². The van der Waals surface area contributed by atoms with Crippen molar-refractivity contribution < 1.29 is 18.8 Å². The molecule has 4 heterocycles. The van der Waals surface area contributed by atoms with E-state index in [9.17, 15) is 4.79 Å². The molecule has 2 aromatic heterocycles. The summed E-state index contributed by atoms with van der Waals surface area (Å²) in [6, 6.07) is 8.29. The molecular weight excluding hydrogens is 541 g/mol. The SMILES string of the molecule is CC(c1ccnc(Cc2nc3c(Cl)c(B4OC(C)(C)C(C)(C)O4)ccc3[nH]2)c1)N1CCN(C(=O)OC(C)(C)C)CC1. The molecule has 220 valence electrons. The van der Waals surface area contributed by atoms with Gasteiger partial charge in [0.25, 0.3) is 0 Å². The Balaban J connectivity index is 1.26. The van der Waals surface area contributed by atoms with Crippen LogP contribution in [0.4, 0.5) is 4.79 Å². The van der Waals surface area contributed by atoms with Crippen LogP contribution in [0.3, 0.4) is 0 Å². The minimum absolute atomic E-state index is 0.185. The van der Waals surface area contributed by atoms with E-state index >= 15 is 0 Å². The third-order valence-electron chi connectivity index (χ3n) is 8.36. The van der Waals surface area contributed by atoms with Crippen molar-refractivity contribution in [3.63, 3.8) is 0 Å². The Kier molecular flexibility index (Phi) is 7.91. The van der Waals surface area contributed by atoms with Gasteiger partial charge in [-0.1, -0.05) is 17.7 Å². The first-order valence-corrected chi connectivity index (χ1v) is 14.7. The molecule has 1 atom stereocenters. The molecule has 1 unspecified atom stereocenters. The minimum Gasteiger partial charge on any atom is -0.444 e. The summed E-state index contributed by atoms with van der Waals surface area (Å²) in [5, 5.41) is 0.532. The zero-order valence-corrected chi connectivity index (χ0v) is 26.1. The number of aromatic amines is 1. The van der Waals surface area contributed by atoms with Crippen molar-refractivity contribution >= 4 is 41.3 Å². The van der Waals surface area contributed by atoms with Crippen molar-refractivity contribution in [3.8, 4) is 0 Å². The summed E-state index contributed by atoms with van der Waals surface area (Å²) in [5.74, 6) is 0.788. The predicted molar refractivity (Wildman–Crippen MR) is 162 cm³/mol. The number of H-pyrrole nitrogens is 1. The number of ether oxygens (including phenoxy) is 1. The summed E-state index contributed by atoms with van der Waals surface area (Å²) >= 11 is 6.84. The number of aromatic nitrogens is 3. The Morgan fingerprint density at radius 1 is 1.12 bits per heavy atom. The number of nitrogens with one attached hydrogen (secondary N) is 1. The first-order chi connectivity index (χ1) is 19.1. The van der Waals surface area contributed by atoms with E-state index in [1.165, 1.54) is 5.56 Å². The van der Waals surface area contributed by atoms with E-state index in [-0.39, 0.29) is 12.1 Å². The van der Waals surface area contributed by atoms with Crippen LogP contribution in [0.5, 0.6) is 0 Å². The Morgan fingerprint density at radius 2 is 1.78 bits per heavy atom. The lowest BCUT2D eigenvalue weighted by Gasteiger charge is -2.38. The van der Waals surface area contributed by atoms with Gasteiger partial charge in [0, 0.05) is 56.0 Å². The fraction of sp³-hybridized carbons (Fsp3) is 0.567. The molecule has 1 aromatic carbocycles. The molecule has 2 saturated heterocycles. The quantitative estimate of drug-likeness (QED) is 0.418. The second-order valence-corrected chi connectivity index (χ2v) is 13.5. The first kappa shape index (κ1) is 29.8. The van der Waals surface area contributed by atoms with E-state index in [1.54, 1.807) is 4.90 Å². The summed E-state index contributed by atoms with van der Waals surface area (Å²) in [4.78, 5) is 29.5. The lowest BCUT2D eigenvalue weighted by molar-refractivity contribution is 0.00578. The van der Waals surface area contributed by atoms with Crippen LogP contribution in [0.25, 0.3) is 11.0 Å². The van der Waals surface area contributed by atoms with Gasteiger partial charge in [0.05, 0.1) is 21.7 Å². The number of piperazine rings is 1. The molecule has 9 nitrogen and oxygen atoms in total. The number of hydrogen-bond acceptors (Lipinski definition) is 7. The van der Waals surface area contributed by atoms with Gasteiger partial charge in [-0.2, -0.15) is 0 Å². The smallest absolute Gasteiger partial charge is 0.444 e. The van der Waals surface area contributed by atoms with E-state index in [4.69, 9.17) is 30.6 Å². The maximum Gasteiger partial charge on any atom is 0.496 e. The third-order valence-corrected chi connectivity index (χ3v) is 8.76. The average Bonchev–Trinajstić information content (AvgIpc) is 3.39. The molecule has 2 aliphatic rings. The first-order valence-electron chi connectivity index (χ1n) is 14.3. The number of pyridine rings is 1. The molecule has 1 N–H and O–H groups in total. The molecule has 5 rings (SSSR count). The Bertz CT molecular complexity index is 1410. The standard InChI is InChI=1S/C30H41BClN5O4/c1-19(36-13-15-37(16-14-36)27(38)39-28(2,3)4)20-11-12-33-21(17-20)18-24-34-23-10-9-22(25(32)26(23)35-24)31-40-29(5,6)30(7,8)41-31/h9-12,17,19H,13-16,18H2,1-8H3,(H,34,35). The van der Waals surface area contributed by atoms with Gasteiger partial charge in [-0.3, -0.25) is 9.88 Å². The molecule has 2 aliphatic heterocycles. The number of carbonyl (C=O) groups excluding carboxylic acids is 1. The second-order valence-electron chi connectivity index (χ2n) is 13.1. The number of hydrogen-bond donors (Lipinski definition) is 1. The molecule has 0 spiro atoms. The van der Waals surface area contributed by atoms with Crippen molar-refractivity contribution in [1.82, 2.24) is 24.8 Å². The highest BCUT2D eigenvalue weighted by Gasteiger charge is 2.52. The van der Waals surface area contributed by atoms with Crippen LogP contribution in [0.2, 0.25) is 5.02 Å². The van der Waals surface area contributed by atoms with Gasteiger partial charge in [-0.15, -0.1) is 0 Å².